The van der Waals surface area contributed by atoms with Gasteiger partial charge in [0.2, 0.25) is 0 Å². The first kappa shape index (κ1) is 71.1. The molecule has 0 aromatic carbocycles. The van der Waals surface area contributed by atoms with Crippen LogP contribution in [0.2, 0.25) is 0 Å². The predicted molar refractivity (Wildman–Crippen MR) is 325 cm³/mol. The SMILES string of the molecule is CC/C=C\C/C=C\C/C=C\C/C=C\C/C=C\CCCCCCCCCCCCCCCC(=O)OC(CO)COC(=O)CCCCCCCCCCCCCCCCCCCCC/C=C\C/C=C\CCCCCCC. The number of unbranched alkanes of at least 4 members (excludes halogenated alkanes) is 37. The second-order valence-corrected chi connectivity index (χ2v) is 21.5. The van der Waals surface area contributed by atoms with Crippen LogP contribution in [-0.4, -0.2) is 36.4 Å². The molecule has 1 atom stereocenters. The number of carbonyl (C=O) groups excluding carboxylic acids is 2. The summed E-state index contributed by atoms with van der Waals surface area (Å²) in [5, 5.41) is 9.69. The van der Waals surface area contributed by atoms with Gasteiger partial charge in [0.1, 0.15) is 6.61 Å². The predicted octanol–water partition coefficient (Wildman–Crippen LogP) is 22.1. The number of hydrogen-bond donors (Lipinski definition) is 1. The van der Waals surface area contributed by atoms with Crippen LogP contribution in [0.5, 0.6) is 0 Å². The van der Waals surface area contributed by atoms with Crippen molar-refractivity contribution in [2.45, 2.75) is 328 Å². The number of esters is 2. The minimum Gasteiger partial charge on any atom is -0.462 e. The second-order valence-electron chi connectivity index (χ2n) is 21.5. The Bertz CT molecular complexity index is 1350. The van der Waals surface area contributed by atoms with Crippen LogP contribution in [0.15, 0.2) is 85.1 Å². The molecule has 0 bridgehead atoms. The number of ether oxygens (including phenoxy) is 2. The highest BCUT2D eigenvalue weighted by molar-refractivity contribution is 5.70. The number of allylic oxidation sites excluding steroid dienone is 14. The number of aliphatic hydroxyl groups is 1. The van der Waals surface area contributed by atoms with Crippen molar-refractivity contribution in [2.75, 3.05) is 13.2 Å². The van der Waals surface area contributed by atoms with Crippen LogP contribution in [0.3, 0.4) is 0 Å². The fraction of sp³-hybridized carbons (Fsp3) is 0.768. The molecule has 1 unspecified atom stereocenters. The zero-order valence-corrected chi connectivity index (χ0v) is 49.1. The third kappa shape index (κ3) is 61.6. The van der Waals surface area contributed by atoms with E-state index in [1.165, 1.54) is 218 Å². The van der Waals surface area contributed by atoms with E-state index in [4.69, 9.17) is 9.47 Å². The van der Waals surface area contributed by atoms with Gasteiger partial charge in [-0.25, -0.2) is 0 Å². The molecule has 0 amide bonds. The standard InChI is InChI=1S/C69H122O5/c1-3-5-7-9-11-13-15-17-19-21-23-25-27-29-31-33-34-36-37-39-41-43-45-47-49-51-53-55-57-59-61-63-68(71)73-66-67(65-70)74-69(72)64-62-60-58-56-54-52-50-48-46-44-42-40-38-35-32-30-28-26-24-22-20-18-16-14-12-10-8-6-4-2/h6,8,12,14-15,17-18,20-21,23-24,26,30,32,67,70H,3-5,7,9-11,13,16,19,22,25,27-29,31,33-66H2,1-2H3/b8-6-,14-12-,17-15-,20-18-,23-21-,26-24-,32-30-. The van der Waals surface area contributed by atoms with E-state index in [2.05, 4.69) is 98.9 Å². The van der Waals surface area contributed by atoms with Gasteiger partial charge in [-0.2, -0.15) is 0 Å². The van der Waals surface area contributed by atoms with Gasteiger partial charge in [0.05, 0.1) is 6.61 Å². The molecular formula is C69H122O5. The third-order valence-corrected chi connectivity index (χ3v) is 14.2. The minimum atomic E-state index is -0.776. The largest absolute Gasteiger partial charge is 0.462 e. The summed E-state index contributed by atoms with van der Waals surface area (Å²) in [6.07, 6.45) is 90.2. The van der Waals surface area contributed by atoms with Crippen molar-refractivity contribution in [1.29, 1.82) is 0 Å². The first-order valence-corrected chi connectivity index (χ1v) is 32.1. The van der Waals surface area contributed by atoms with Crippen molar-refractivity contribution in [2.24, 2.45) is 0 Å². The van der Waals surface area contributed by atoms with Gasteiger partial charge in [0.15, 0.2) is 6.10 Å². The quantitative estimate of drug-likeness (QED) is 0.0373. The van der Waals surface area contributed by atoms with Gasteiger partial charge in [0, 0.05) is 12.8 Å². The van der Waals surface area contributed by atoms with Crippen molar-refractivity contribution < 1.29 is 24.2 Å². The topological polar surface area (TPSA) is 72.8 Å². The second kappa shape index (κ2) is 64.4. The summed E-state index contributed by atoms with van der Waals surface area (Å²) >= 11 is 0. The molecule has 0 saturated heterocycles. The molecule has 0 rings (SSSR count). The van der Waals surface area contributed by atoms with Gasteiger partial charge in [-0.15, -0.1) is 0 Å². The van der Waals surface area contributed by atoms with Crippen LogP contribution in [0.4, 0.5) is 0 Å². The lowest BCUT2D eigenvalue weighted by molar-refractivity contribution is -0.161. The van der Waals surface area contributed by atoms with E-state index in [1.54, 1.807) is 0 Å². The van der Waals surface area contributed by atoms with Crippen LogP contribution in [0.25, 0.3) is 0 Å². The molecule has 74 heavy (non-hydrogen) atoms. The normalized spacial score (nSPS) is 12.7. The lowest BCUT2D eigenvalue weighted by atomic mass is 10.0. The highest BCUT2D eigenvalue weighted by atomic mass is 16.6. The average Bonchev–Trinajstić information content (AvgIpc) is 3.40. The number of carbonyl (C=O) groups is 2. The highest BCUT2D eigenvalue weighted by Crippen LogP contribution is 2.17. The Labute approximate surface area is 460 Å². The Kier molecular flexibility index (Phi) is 61.8. The van der Waals surface area contributed by atoms with Crippen molar-refractivity contribution in [3.8, 4) is 0 Å². The van der Waals surface area contributed by atoms with Crippen molar-refractivity contribution >= 4 is 11.9 Å². The lowest BCUT2D eigenvalue weighted by Gasteiger charge is -2.15. The highest BCUT2D eigenvalue weighted by Gasteiger charge is 2.16. The maximum Gasteiger partial charge on any atom is 0.306 e. The zero-order valence-electron chi connectivity index (χ0n) is 49.1. The third-order valence-electron chi connectivity index (χ3n) is 14.2. The molecule has 0 heterocycles. The van der Waals surface area contributed by atoms with Crippen LogP contribution >= 0.6 is 0 Å². The minimum absolute atomic E-state index is 0.0658. The van der Waals surface area contributed by atoms with Gasteiger partial charge in [0.25, 0.3) is 0 Å². The monoisotopic (exact) mass is 1030 g/mol. The van der Waals surface area contributed by atoms with E-state index >= 15 is 0 Å². The Balaban J connectivity index is 3.45. The summed E-state index contributed by atoms with van der Waals surface area (Å²) in [6, 6.07) is 0. The van der Waals surface area contributed by atoms with Crippen molar-refractivity contribution in [1.82, 2.24) is 0 Å². The van der Waals surface area contributed by atoms with Gasteiger partial charge >= 0.3 is 11.9 Å². The molecule has 5 heteroatoms. The molecule has 0 aliphatic carbocycles. The maximum atomic E-state index is 12.3. The van der Waals surface area contributed by atoms with Gasteiger partial charge in [-0.05, 0) is 89.9 Å². The van der Waals surface area contributed by atoms with Gasteiger partial charge in [-0.1, -0.05) is 304 Å². The Morgan fingerprint density at radius 2 is 0.581 bits per heavy atom. The summed E-state index contributed by atoms with van der Waals surface area (Å²) in [6.45, 7) is 4.05. The van der Waals surface area contributed by atoms with E-state index in [0.717, 1.165) is 77.0 Å². The Morgan fingerprint density at radius 3 is 0.878 bits per heavy atom. The average molecular weight is 1030 g/mol. The molecule has 428 valence electrons. The molecule has 0 radical (unpaired) electrons. The molecule has 1 N–H and O–H groups in total. The molecule has 0 saturated carbocycles. The summed E-state index contributed by atoms with van der Waals surface area (Å²) in [7, 11) is 0. The van der Waals surface area contributed by atoms with Crippen LogP contribution in [-0.2, 0) is 19.1 Å². The van der Waals surface area contributed by atoms with Crippen molar-refractivity contribution in [3.63, 3.8) is 0 Å². The maximum absolute atomic E-state index is 12.3. The van der Waals surface area contributed by atoms with Gasteiger partial charge in [-0.3, -0.25) is 9.59 Å². The zero-order chi connectivity index (χ0) is 53.4. The molecule has 5 nitrogen and oxygen atoms in total. The molecule has 0 spiro atoms. The van der Waals surface area contributed by atoms with Gasteiger partial charge < -0.3 is 14.6 Å². The Morgan fingerprint density at radius 1 is 0.324 bits per heavy atom. The molecule has 0 aliphatic rings. The fourth-order valence-electron chi connectivity index (χ4n) is 9.38. The Hall–Kier alpha value is -2.92. The van der Waals surface area contributed by atoms with Crippen LogP contribution < -0.4 is 0 Å². The molecule has 0 fully saturated rings. The smallest absolute Gasteiger partial charge is 0.306 e. The van der Waals surface area contributed by atoms with Crippen molar-refractivity contribution in [3.05, 3.63) is 85.1 Å². The number of aliphatic hydroxyl groups excluding tert-OH is 1. The van der Waals surface area contributed by atoms with E-state index in [9.17, 15) is 14.7 Å². The van der Waals surface area contributed by atoms with E-state index in [-0.39, 0.29) is 25.2 Å². The molecular weight excluding hydrogens is 909 g/mol. The summed E-state index contributed by atoms with van der Waals surface area (Å²) in [5.74, 6) is -0.580. The summed E-state index contributed by atoms with van der Waals surface area (Å²) in [5.41, 5.74) is 0. The lowest BCUT2D eigenvalue weighted by Crippen LogP contribution is -2.28. The van der Waals surface area contributed by atoms with E-state index in [1.807, 2.05) is 0 Å². The number of rotatable bonds is 59. The van der Waals surface area contributed by atoms with E-state index < -0.39 is 6.10 Å². The van der Waals surface area contributed by atoms with Crippen LogP contribution in [0, 0.1) is 0 Å². The molecule has 0 aliphatic heterocycles. The number of hydrogen-bond acceptors (Lipinski definition) is 5. The molecule has 0 aromatic rings. The molecule has 0 aromatic heterocycles. The fourth-order valence-corrected chi connectivity index (χ4v) is 9.38. The summed E-state index contributed by atoms with van der Waals surface area (Å²) in [4.78, 5) is 24.6. The van der Waals surface area contributed by atoms with Crippen LogP contribution in [0.1, 0.15) is 322 Å². The van der Waals surface area contributed by atoms with E-state index in [0.29, 0.717) is 12.8 Å². The first-order chi connectivity index (χ1) is 36.6. The first-order valence-electron chi connectivity index (χ1n) is 32.1. The summed E-state index contributed by atoms with van der Waals surface area (Å²) < 4.78 is 10.7.